The zero-order chi connectivity index (χ0) is 19.2. The van der Waals surface area contributed by atoms with E-state index in [0.29, 0.717) is 17.0 Å². The predicted molar refractivity (Wildman–Crippen MR) is 107 cm³/mol. The smallest absolute Gasteiger partial charge is 0.260 e. The van der Waals surface area contributed by atoms with Crippen molar-refractivity contribution >= 4 is 49.1 Å². The van der Waals surface area contributed by atoms with Crippen LogP contribution >= 0.6 is 23.1 Å². The van der Waals surface area contributed by atoms with E-state index in [2.05, 4.69) is 9.97 Å². The Bertz CT molecular complexity index is 1060. The first kappa shape index (κ1) is 18.9. The number of nitrogens with one attached hydrogen (secondary N) is 1. The van der Waals surface area contributed by atoms with Crippen molar-refractivity contribution in [2.24, 2.45) is 0 Å². The van der Waals surface area contributed by atoms with Crippen molar-refractivity contribution in [3.05, 3.63) is 20.8 Å². The van der Waals surface area contributed by atoms with Crippen LogP contribution in [-0.4, -0.2) is 59.5 Å². The predicted octanol–water partition coefficient (Wildman–Crippen LogP) is 1.60. The SMILES string of the molecule is CN(C(=O)CSc1nc2sc3c(c2c(=O)[nH]1)CCCC3)C1CCS(=O)(=O)C1. The van der Waals surface area contributed by atoms with Gasteiger partial charge in [-0.1, -0.05) is 11.8 Å². The number of thiophene rings is 1. The van der Waals surface area contributed by atoms with Crippen molar-refractivity contribution in [2.75, 3.05) is 24.3 Å². The highest BCUT2D eigenvalue weighted by Crippen LogP contribution is 2.34. The number of carbonyl (C=O) groups excluding carboxylic acids is 1. The Morgan fingerprint density at radius 1 is 1.37 bits per heavy atom. The maximum Gasteiger partial charge on any atom is 0.260 e. The molecule has 1 amide bonds. The Kier molecular flexibility index (Phi) is 5.06. The van der Waals surface area contributed by atoms with Gasteiger partial charge >= 0.3 is 0 Å². The van der Waals surface area contributed by atoms with Crippen molar-refractivity contribution in [2.45, 2.75) is 43.3 Å². The Balaban J connectivity index is 1.47. The van der Waals surface area contributed by atoms with Gasteiger partial charge in [-0.15, -0.1) is 11.3 Å². The minimum Gasteiger partial charge on any atom is -0.341 e. The lowest BCUT2D eigenvalue weighted by Crippen LogP contribution is -2.38. The molecular formula is C17H21N3O4S3. The van der Waals surface area contributed by atoms with E-state index in [0.717, 1.165) is 36.1 Å². The van der Waals surface area contributed by atoms with Crippen LogP contribution in [0.4, 0.5) is 0 Å². The van der Waals surface area contributed by atoms with Gasteiger partial charge in [-0.3, -0.25) is 9.59 Å². The number of sulfone groups is 1. The van der Waals surface area contributed by atoms with Crippen LogP contribution in [0, 0.1) is 0 Å². The van der Waals surface area contributed by atoms with Crippen LogP contribution in [-0.2, 0) is 27.5 Å². The molecule has 0 aromatic carbocycles. The van der Waals surface area contributed by atoms with Crippen molar-refractivity contribution in [1.82, 2.24) is 14.9 Å². The first-order valence-electron chi connectivity index (χ1n) is 8.97. The number of carbonyl (C=O) groups is 1. The number of aromatic nitrogens is 2. The average Bonchev–Trinajstić information content (AvgIpc) is 3.18. The summed E-state index contributed by atoms with van der Waals surface area (Å²) < 4.78 is 23.2. The van der Waals surface area contributed by atoms with E-state index in [1.807, 2.05) is 0 Å². The molecule has 1 aliphatic heterocycles. The third-order valence-electron chi connectivity index (χ3n) is 5.29. The molecule has 1 fully saturated rings. The highest BCUT2D eigenvalue weighted by molar-refractivity contribution is 7.99. The summed E-state index contributed by atoms with van der Waals surface area (Å²) in [6, 6.07) is -0.262. The van der Waals surface area contributed by atoms with Gasteiger partial charge in [0.1, 0.15) is 4.83 Å². The zero-order valence-corrected chi connectivity index (χ0v) is 17.4. The van der Waals surface area contributed by atoms with E-state index in [1.165, 1.54) is 21.5 Å². The maximum absolute atomic E-state index is 12.5. The molecule has 0 bridgehead atoms. The number of rotatable bonds is 4. The summed E-state index contributed by atoms with van der Waals surface area (Å²) in [6.45, 7) is 0. The molecule has 2 aromatic rings. The second-order valence-corrected chi connectivity index (χ2v) is 11.4. The summed E-state index contributed by atoms with van der Waals surface area (Å²) in [7, 11) is -1.39. The highest BCUT2D eigenvalue weighted by Gasteiger charge is 2.32. The molecule has 1 unspecified atom stereocenters. The molecule has 0 spiro atoms. The van der Waals surface area contributed by atoms with Gasteiger partial charge in [0.25, 0.3) is 5.56 Å². The molecular weight excluding hydrogens is 406 g/mol. The summed E-state index contributed by atoms with van der Waals surface area (Å²) in [5.74, 6) is 0.126. The normalized spacial score (nSPS) is 21.3. The second-order valence-electron chi connectivity index (χ2n) is 7.11. The van der Waals surface area contributed by atoms with E-state index in [-0.39, 0.29) is 34.8 Å². The summed E-state index contributed by atoms with van der Waals surface area (Å²) in [5.41, 5.74) is 1.01. The Hall–Kier alpha value is -1.39. The molecule has 4 rings (SSSR count). The quantitative estimate of drug-likeness (QED) is 0.588. The number of hydrogen-bond acceptors (Lipinski definition) is 7. The molecule has 146 valence electrons. The monoisotopic (exact) mass is 427 g/mol. The molecule has 0 saturated carbocycles. The van der Waals surface area contributed by atoms with Crippen LogP contribution in [0.15, 0.2) is 9.95 Å². The van der Waals surface area contributed by atoms with Crippen molar-refractivity contribution in [3.8, 4) is 0 Å². The van der Waals surface area contributed by atoms with Gasteiger partial charge in [0, 0.05) is 18.0 Å². The van der Waals surface area contributed by atoms with E-state index in [4.69, 9.17) is 0 Å². The minimum atomic E-state index is -3.03. The molecule has 1 aliphatic carbocycles. The van der Waals surface area contributed by atoms with E-state index in [9.17, 15) is 18.0 Å². The van der Waals surface area contributed by atoms with E-state index in [1.54, 1.807) is 18.4 Å². The van der Waals surface area contributed by atoms with Gasteiger partial charge in [0.2, 0.25) is 5.91 Å². The molecule has 3 heterocycles. The Morgan fingerprint density at radius 2 is 2.15 bits per heavy atom. The molecule has 7 nitrogen and oxygen atoms in total. The number of amides is 1. The second kappa shape index (κ2) is 7.21. The van der Waals surface area contributed by atoms with E-state index >= 15 is 0 Å². The largest absolute Gasteiger partial charge is 0.341 e. The lowest BCUT2D eigenvalue weighted by molar-refractivity contribution is -0.128. The van der Waals surface area contributed by atoms with Crippen LogP contribution < -0.4 is 5.56 Å². The van der Waals surface area contributed by atoms with Gasteiger partial charge in [0.05, 0.1) is 22.6 Å². The number of aromatic amines is 1. The first-order chi connectivity index (χ1) is 12.8. The fraction of sp³-hybridized carbons (Fsp3) is 0.588. The number of thioether (sulfide) groups is 1. The summed E-state index contributed by atoms with van der Waals surface area (Å²) in [6.07, 6.45) is 4.67. The van der Waals surface area contributed by atoms with Gasteiger partial charge in [-0.25, -0.2) is 13.4 Å². The molecule has 1 atom stereocenters. The zero-order valence-electron chi connectivity index (χ0n) is 15.0. The molecule has 1 N–H and O–H groups in total. The first-order valence-corrected chi connectivity index (χ1v) is 12.6. The van der Waals surface area contributed by atoms with E-state index < -0.39 is 9.84 Å². The molecule has 2 aliphatic rings. The highest BCUT2D eigenvalue weighted by atomic mass is 32.2. The standard InChI is InChI=1S/C17H21N3O4S3/c1-20(10-6-7-27(23,24)9-10)13(21)8-25-17-18-15(22)14-11-4-2-3-5-12(11)26-16(14)19-17/h10H,2-9H2,1H3,(H,18,19,22). The molecule has 1 saturated heterocycles. The van der Waals surface area contributed by atoms with Crippen LogP contribution in [0.1, 0.15) is 29.7 Å². The maximum atomic E-state index is 12.5. The fourth-order valence-corrected chi connectivity index (χ4v) is 7.61. The number of nitrogens with zero attached hydrogens (tertiary/aromatic N) is 2. The lowest BCUT2D eigenvalue weighted by Gasteiger charge is -2.23. The number of fused-ring (bicyclic) bond motifs is 3. The fourth-order valence-electron chi connectivity index (χ4n) is 3.73. The Morgan fingerprint density at radius 3 is 2.89 bits per heavy atom. The summed E-state index contributed by atoms with van der Waals surface area (Å²) in [4.78, 5) is 35.8. The average molecular weight is 428 g/mol. The van der Waals surface area contributed by atoms with Crippen molar-refractivity contribution in [3.63, 3.8) is 0 Å². The molecule has 0 radical (unpaired) electrons. The van der Waals surface area contributed by atoms with Gasteiger partial charge in [-0.2, -0.15) is 0 Å². The van der Waals surface area contributed by atoms with Gasteiger partial charge in [0.15, 0.2) is 15.0 Å². The van der Waals surface area contributed by atoms with Crippen LogP contribution in [0.3, 0.4) is 0 Å². The molecule has 10 heteroatoms. The number of hydrogen-bond donors (Lipinski definition) is 1. The van der Waals surface area contributed by atoms with Gasteiger partial charge in [-0.05, 0) is 37.7 Å². The van der Waals surface area contributed by atoms with Crippen molar-refractivity contribution < 1.29 is 13.2 Å². The third-order valence-corrected chi connectivity index (χ3v) is 9.08. The van der Waals surface area contributed by atoms with Crippen LogP contribution in [0.25, 0.3) is 10.2 Å². The third kappa shape index (κ3) is 3.79. The molecule has 27 heavy (non-hydrogen) atoms. The van der Waals surface area contributed by atoms with Gasteiger partial charge < -0.3 is 9.88 Å². The number of H-pyrrole nitrogens is 1. The topological polar surface area (TPSA) is 100 Å². The summed E-state index contributed by atoms with van der Waals surface area (Å²) >= 11 is 2.77. The van der Waals surface area contributed by atoms with Crippen LogP contribution in [0.2, 0.25) is 0 Å². The summed E-state index contributed by atoms with van der Waals surface area (Å²) in [5, 5.41) is 1.14. The minimum absolute atomic E-state index is 0.0295. The molecule has 2 aromatic heterocycles. The number of aryl methyl sites for hydroxylation is 2. The Labute approximate surface area is 165 Å². The lowest BCUT2D eigenvalue weighted by atomic mass is 9.97. The van der Waals surface area contributed by atoms with Crippen LogP contribution in [0.5, 0.6) is 0 Å². The van der Waals surface area contributed by atoms with Crippen molar-refractivity contribution in [1.29, 1.82) is 0 Å².